The molecular formula is C15H18S. The van der Waals surface area contributed by atoms with Crippen LogP contribution in [-0.4, -0.2) is 0 Å². The van der Waals surface area contributed by atoms with E-state index in [9.17, 15) is 0 Å². The SMILES string of the molecule is CCCCCc1ccc(-c2ccccc2)s1. The summed E-state index contributed by atoms with van der Waals surface area (Å²) in [7, 11) is 0. The van der Waals surface area contributed by atoms with Crippen molar-refractivity contribution in [2.45, 2.75) is 32.6 Å². The van der Waals surface area contributed by atoms with Crippen LogP contribution in [-0.2, 0) is 6.42 Å². The Bertz CT molecular complexity index is 414. The van der Waals surface area contributed by atoms with Crippen LogP contribution in [0.1, 0.15) is 31.1 Å². The third kappa shape index (κ3) is 2.96. The number of rotatable bonds is 5. The second kappa shape index (κ2) is 5.86. The van der Waals surface area contributed by atoms with Crippen LogP contribution in [0.3, 0.4) is 0 Å². The number of benzene rings is 1. The molecule has 0 N–H and O–H groups in total. The van der Waals surface area contributed by atoms with Crippen molar-refractivity contribution in [3.05, 3.63) is 47.3 Å². The number of unbranched alkanes of at least 4 members (excludes halogenated alkanes) is 2. The molecule has 1 heterocycles. The van der Waals surface area contributed by atoms with Crippen molar-refractivity contribution < 1.29 is 0 Å². The molecule has 0 radical (unpaired) electrons. The van der Waals surface area contributed by atoms with Crippen LogP contribution < -0.4 is 0 Å². The minimum atomic E-state index is 1.24. The van der Waals surface area contributed by atoms with Crippen molar-refractivity contribution in [3.8, 4) is 10.4 Å². The molecule has 1 aromatic heterocycles. The summed E-state index contributed by atoms with van der Waals surface area (Å²) in [4.78, 5) is 2.92. The first-order valence-corrected chi connectivity index (χ1v) is 6.86. The molecule has 0 atom stereocenters. The predicted octanol–water partition coefficient (Wildman–Crippen LogP) is 5.15. The Balaban J connectivity index is 2.02. The van der Waals surface area contributed by atoms with Crippen LogP contribution in [0.5, 0.6) is 0 Å². The lowest BCUT2D eigenvalue weighted by Gasteiger charge is -1.96. The van der Waals surface area contributed by atoms with Gasteiger partial charge in [0.2, 0.25) is 0 Å². The molecule has 16 heavy (non-hydrogen) atoms. The Labute approximate surface area is 102 Å². The van der Waals surface area contributed by atoms with E-state index < -0.39 is 0 Å². The van der Waals surface area contributed by atoms with Crippen molar-refractivity contribution in [1.82, 2.24) is 0 Å². The summed E-state index contributed by atoms with van der Waals surface area (Å²) < 4.78 is 0. The summed E-state index contributed by atoms with van der Waals surface area (Å²) >= 11 is 1.94. The van der Waals surface area contributed by atoms with Gasteiger partial charge in [0.05, 0.1) is 0 Å². The zero-order chi connectivity index (χ0) is 11.2. The van der Waals surface area contributed by atoms with Crippen molar-refractivity contribution in [2.75, 3.05) is 0 Å². The maximum Gasteiger partial charge on any atom is 0.0345 e. The van der Waals surface area contributed by atoms with E-state index in [-0.39, 0.29) is 0 Å². The molecule has 0 saturated carbocycles. The summed E-state index contributed by atoms with van der Waals surface area (Å²) in [5.41, 5.74) is 1.34. The first kappa shape index (κ1) is 11.4. The quantitative estimate of drug-likeness (QED) is 0.623. The van der Waals surface area contributed by atoms with Gasteiger partial charge in [0.1, 0.15) is 0 Å². The van der Waals surface area contributed by atoms with E-state index in [1.54, 1.807) is 0 Å². The Morgan fingerprint density at radius 1 is 0.938 bits per heavy atom. The Kier molecular flexibility index (Phi) is 4.17. The fraction of sp³-hybridized carbons (Fsp3) is 0.333. The maximum atomic E-state index is 2.28. The Morgan fingerprint density at radius 2 is 1.75 bits per heavy atom. The summed E-state index contributed by atoms with van der Waals surface area (Å²) in [5, 5.41) is 0. The molecule has 1 aromatic carbocycles. The van der Waals surface area contributed by atoms with Crippen molar-refractivity contribution in [2.24, 2.45) is 0 Å². The van der Waals surface area contributed by atoms with Gasteiger partial charge >= 0.3 is 0 Å². The molecule has 2 rings (SSSR count). The zero-order valence-corrected chi connectivity index (χ0v) is 10.6. The van der Waals surface area contributed by atoms with Crippen molar-refractivity contribution >= 4 is 11.3 Å². The minimum Gasteiger partial charge on any atom is -0.140 e. The normalized spacial score (nSPS) is 10.6. The monoisotopic (exact) mass is 230 g/mol. The van der Waals surface area contributed by atoms with Gasteiger partial charge in [0, 0.05) is 9.75 Å². The third-order valence-electron chi connectivity index (χ3n) is 2.75. The molecule has 0 aliphatic rings. The molecule has 0 unspecified atom stereocenters. The lowest BCUT2D eigenvalue weighted by molar-refractivity contribution is 0.722. The molecule has 0 amide bonds. The van der Waals surface area contributed by atoms with Gasteiger partial charge in [-0.3, -0.25) is 0 Å². The molecule has 0 fully saturated rings. The van der Waals surface area contributed by atoms with Crippen molar-refractivity contribution in [1.29, 1.82) is 0 Å². The number of aryl methyl sites for hydroxylation is 1. The molecule has 0 spiro atoms. The van der Waals surface area contributed by atoms with Gasteiger partial charge in [-0.05, 0) is 30.5 Å². The van der Waals surface area contributed by atoms with E-state index >= 15 is 0 Å². The summed E-state index contributed by atoms with van der Waals surface area (Å²) in [5.74, 6) is 0. The van der Waals surface area contributed by atoms with Gasteiger partial charge in [-0.1, -0.05) is 50.1 Å². The molecule has 84 valence electrons. The highest BCUT2D eigenvalue weighted by Crippen LogP contribution is 2.28. The molecule has 0 saturated heterocycles. The average molecular weight is 230 g/mol. The fourth-order valence-electron chi connectivity index (χ4n) is 1.82. The van der Waals surface area contributed by atoms with Gasteiger partial charge in [-0.2, -0.15) is 0 Å². The Hall–Kier alpha value is -1.08. The summed E-state index contributed by atoms with van der Waals surface area (Å²) in [6.45, 7) is 2.25. The number of hydrogen-bond donors (Lipinski definition) is 0. The average Bonchev–Trinajstić information content (AvgIpc) is 2.79. The summed E-state index contributed by atoms with van der Waals surface area (Å²) in [6, 6.07) is 15.2. The predicted molar refractivity (Wildman–Crippen MR) is 73.0 cm³/mol. The number of hydrogen-bond acceptors (Lipinski definition) is 1. The Morgan fingerprint density at radius 3 is 2.50 bits per heavy atom. The van der Waals surface area contributed by atoms with Gasteiger partial charge < -0.3 is 0 Å². The van der Waals surface area contributed by atoms with E-state index in [0.29, 0.717) is 0 Å². The molecule has 0 aliphatic carbocycles. The largest absolute Gasteiger partial charge is 0.140 e. The molecular weight excluding hydrogens is 212 g/mol. The van der Waals surface area contributed by atoms with E-state index in [0.717, 1.165) is 0 Å². The highest BCUT2D eigenvalue weighted by atomic mass is 32.1. The zero-order valence-electron chi connectivity index (χ0n) is 9.78. The molecule has 0 bridgehead atoms. The van der Waals surface area contributed by atoms with E-state index in [1.165, 1.54) is 41.0 Å². The second-order valence-corrected chi connectivity index (χ2v) is 5.26. The lowest BCUT2D eigenvalue weighted by Crippen LogP contribution is -1.78. The molecule has 0 aliphatic heterocycles. The molecule has 1 heteroatoms. The first-order valence-electron chi connectivity index (χ1n) is 6.04. The van der Waals surface area contributed by atoms with Gasteiger partial charge in [0.15, 0.2) is 0 Å². The summed E-state index contributed by atoms with van der Waals surface area (Å²) in [6.07, 6.45) is 5.21. The molecule has 2 aromatic rings. The second-order valence-electron chi connectivity index (χ2n) is 4.09. The van der Waals surface area contributed by atoms with Crippen LogP contribution in [0.25, 0.3) is 10.4 Å². The number of thiophene rings is 1. The first-order chi connectivity index (χ1) is 7.90. The van der Waals surface area contributed by atoms with E-state index in [2.05, 4.69) is 49.4 Å². The van der Waals surface area contributed by atoms with E-state index in [1.807, 2.05) is 11.3 Å². The fourth-order valence-corrected chi connectivity index (χ4v) is 2.87. The highest BCUT2D eigenvalue weighted by molar-refractivity contribution is 7.15. The third-order valence-corrected chi connectivity index (χ3v) is 3.94. The van der Waals surface area contributed by atoms with Crippen LogP contribution in [0.4, 0.5) is 0 Å². The molecule has 0 nitrogen and oxygen atoms in total. The van der Waals surface area contributed by atoms with Crippen LogP contribution in [0.2, 0.25) is 0 Å². The lowest BCUT2D eigenvalue weighted by atomic mass is 10.2. The van der Waals surface area contributed by atoms with Gasteiger partial charge in [-0.25, -0.2) is 0 Å². The van der Waals surface area contributed by atoms with Crippen LogP contribution in [0.15, 0.2) is 42.5 Å². The van der Waals surface area contributed by atoms with Gasteiger partial charge in [-0.15, -0.1) is 11.3 Å². The maximum absolute atomic E-state index is 2.28. The van der Waals surface area contributed by atoms with Crippen LogP contribution >= 0.6 is 11.3 Å². The van der Waals surface area contributed by atoms with Crippen molar-refractivity contribution in [3.63, 3.8) is 0 Å². The topological polar surface area (TPSA) is 0 Å². The standard InChI is InChI=1S/C15H18S/c1-2-3-5-10-14-11-12-15(16-14)13-8-6-4-7-9-13/h4,6-9,11-12H,2-3,5,10H2,1H3. The van der Waals surface area contributed by atoms with Crippen LogP contribution in [0, 0.1) is 0 Å². The highest BCUT2D eigenvalue weighted by Gasteiger charge is 2.01. The minimum absolute atomic E-state index is 1.24. The van der Waals surface area contributed by atoms with E-state index in [4.69, 9.17) is 0 Å². The van der Waals surface area contributed by atoms with Gasteiger partial charge in [0.25, 0.3) is 0 Å². The smallest absolute Gasteiger partial charge is 0.0345 e.